The van der Waals surface area contributed by atoms with E-state index < -0.39 is 0 Å². The van der Waals surface area contributed by atoms with Crippen LogP contribution in [0.25, 0.3) is 0 Å². The molecule has 7 nitrogen and oxygen atoms in total. The van der Waals surface area contributed by atoms with Crippen molar-refractivity contribution in [1.82, 2.24) is 9.80 Å². The van der Waals surface area contributed by atoms with E-state index in [1.807, 2.05) is 0 Å². The molecule has 120 valence electrons. The number of nitrogens with zero attached hydrogens (tertiary/aromatic N) is 2. The third-order valence-electron chi connectivity index (χ3n) is 3.91. The zero-order valence-corrected chi connectivity index (χ0v) is 13.1. The third-order valence-corrected chi connectivity index (χ3v) is 3.91. The number of benzene rings is 1. The molecule has 0 radical (unpaired) electrons. The van der Waals surface area contributed by atoms with E-state index in [1.165, 1.54) is 23.6 Å². The molecule has 0 aromatic heterocycles. The Hall–Kier alpha value is -2.83. The van der Waals surface area contributed by atoms with Crippen LogP contribution in [0.1, 0.15) is 31.1 Å². The van der Waals surface area contributed by atoms with Gasteiger partial charge in [-0.05, 0) is 25.1 Å². The van der Waals surface area contributed by atoms with Crippen molar-refractivity contribution in [2.75, 3.05) is 13.5 Å². The molecule has 0 unspecified atom stereocenters. The predicted molar refractivity (Wildman–Crippen MR) is 79.5 cm³/mol. The Bertz CT molecular complexity index is 753. The van der Waals surface area contributed by atoms with Crippen molar-refractivity contribution >= 4 is 17.6 Å². The van der Waals surface area contributed by atoms with Gasteiger partial charge in [-0.1, -0.05) is 0 Å². The fourth-order valence-corrected chi connectivity index (χ4v) is 2.70. The van der Waals surface area contributed by atoms with Gasteiger partial charge in [0.1, 0.15) is 12.4 Å². The van der Waals surface area contributed by atoms with Crippen LogP contribution in [-0.2, 0) is 9.59 Å². The Labute approximate surface area is 133 Å². The van der Waals surface area contributed by atoms with Crippen LogP contribution < -0.4 is 9.47 Å². The number of Topliss-reactive ketones (excluding diaryl/α,β-unsaturated/α-hetero) is 1. The van der Waals surface area contributed by atoms with Crippen molar-refractivity contribution in [1.29, 1.82) is 0 Å². The summed E-state index contributed by atoms with van der Waals surface area (Å²) in [6.07, 6.45) is 0. The maximum absolute atomic E-state index is 12.9. The summed E-state index contributed by atoms with van der Waals surface area (Å²) in [5.74, 6) is 0.219. The van der Waals surface area contributed by atoms with Crippen LogP contribution in [-0.4, -0.2) is 40.9 Å². The van der Waals surface area contributed by atoms with Crippen molar-refractivity contribution in [3.63, 3.8) is 0 Å². The maximum Gasteiger partial charge on any atom is 0.231 e. The minimum absolute atomic E-state index is 0.0577. The molecule has 0 aliphatic carbocycles. The fraction of sp³-hybridized carbons (Fsp3) is 0.312. The molecule has 0 spiro atoms. The average Bonchev–Trinajstić information content (AvgIpc) is 3.09. The van der Waals surface area contributed by atoms with E-state index in [0.717, 1.165) is 0 Å². The zero-order chi connectivity index (χ0) is 16.7. The lowest BCUT2D eigenvalue weighted by Gasteiger charge is -2.18. The molecule has 0 saturated carbocycles. The van der Waals surface area contributed by atoms with Crippen LogP contribution in [0.3, 0.4) is 0 Å². The number of carbonyl (C=O) groups is 3. The standard InChI is InChI=1S/C16H16N2O5/c1-9-15(18(11(3)20)7-17(9)10(2)19)16(21)12-4-5-13-14(6-12)23-8-22-13/h4-6H,7-8H2,1-3H3. The highest BCUT2D eigenvalue weighted by atomic mass is 16.7. The Kier molecular flexibility index (Phi) is 3.55. The quantitative estimate of drug-likeness (QED) is 0.773. The van der Waals surface area contributed by atoms with Crippen LogP contribution in [0.15, 0.2) is 29.6 Å². The summed E-state index contributed by atoms with van der Waals surface area (Å²) in [6, 6.07) is 4.85. The smallest absolute Gasteiger partial charge is 0.231 e. The summed E-state index contributed by atoms with van der Waals surface area (Å²) in [5.41, 5.74) is 1.06. The Morgan fingerprint density at radius 1 is 1.00 bits per heavy atom. The van der Waals surface area contributed by atoms with E-state index in [9.17, 15) is 14.4 Å². The van der Waals surface area contributed by atoms with Crippen molar-refractivity contribution in [2.45, 2.75) is 20.8 Å². The van der Waals surface area contributed by atoms with E-state index in [1.54, 1.807) is 25.1 Å². The Morgan fingerprint density at radius 3 is 2.30 bits per heavy atom. The zero-order valence-electron chi connectivity index (χ0n) is 13.1. The van der Waals surface area contributed by atoms with E-state index in [2.05, 4.69) is 0 Å². The van der Waals surface area contributed by atoms with Gasteiger partial charge in [-0.3, -0.25) is 24.2 Å². The van der Waals surface area contributed by atoms with Gasteiger partial charge in [-0.25, -0.2) is 0 Å². The van der Waals surface area contributed by atoms with Gasteiger partial charge in [-0.2, -0.15) is 0 Å². The van der Waals surface area contributed by atoms with Crippen LogP contribution in [0.5, 0.6) is 11.5 Å². The molecular formula is C16H16N2O5. The molecule has 2 heterocycles. The first kappa shape index (κ1) is 15.1. The first-order valence-electron chi connectivity index (χ1n) is 7.11. The van der Waals surface area contributed by atoms with E-state index in [0.29, 0.717) is 22.8 Å². The van der Waals surface area contributed by atoms with Crippen molar-refractivity contribution in [3.8, 4) is 11.5 Å². The lowest BCUT2D eigenvalue weighted by Crippen LogP contribution is -2.34. The summed E-state index contributed by atoms with van der Waals surface area (Å²) in [5, 5.41) is 0. The normalized spacial score (nSPS) is 16.1. The number of ether oxygens (including phenoxy) is 2. The first-order chi connectivity index (χ1) is 10.9. The molecule has 0 fully saturated rings. The van der Waals surface area contributed by atoms with Gasteiger partial charge in [0.15, 0.2) is 11.5 Å². The minimum Gasteiger partial charge on any atom is -0.454 e. The molecular weight excluding hydrogens is 300 g/mol. The highest BCUT2D eigenvalue weighted by Crippen LogP contribution is 2.34. The summed E-state index contributed by atoms with van der Waals surface area (Å²) in [6.45, 7) is 4.60. The molecule has 2 aliphatic rings. The lowest BCUT2D eigenvalue weighted by atomic mass is 10.1. The number of hydrogen-bond acceptors (Lipinski definition) is 5. The number of carbonyl (C=O) groups excluding carboxylic acids is 3. The third kappa shape index (κ3) is 2.44. The first-order valence-corrected chi connectivity index (χ1v) is 7.11. The van der Waals surface area contributed by atoms with Crippen LogP contribution >= 0.6 is 0 Å². The second-order valence-electron chi connectivity index (χ2n) is 5.37. The van der Waals surface area contributed by atoms with Gasteiger partial charge in [0.25, 0.3) is 0 Å². The van der Waals surface area contributed by atoms with E-state index in [4.69, 9.17) is 9.47 Å². The number of fused-ring (bicyclic) bond motifs is 1. The second-order valence-corrected chi connectivity index (χ2v) is 5.37. The molecule has 0 saturated heterocycles. The highest BCUT2D eigenvalue weighted by molar-refractivity contribution is 6.11. The number of rotatable bonds is 2. The monoisotopic (exact) mass is 316 g/mol. The summed E-state index contributed by atoms with van der Waals surface area (Å²) in [7, 11) is 0. The molecule has 3 rings (SSSR count). The Morgan fingerprint density at radius 2 is 1.65 bits per heavy atom. The molecule has 0 atom stereocenters. The second kappa shape index (κ2) is 5.42. The van der Waals surface area contributed by atoms with Gasteiger partial charge < -0.3 is 9.47 Å². The molecule has 0 bridgehead atoms. The average molecular weight is 316 g/mol. The molecule has 1 aromatic carbocycles. The predicted octanol–water partition coefficient (Wildman–Crippen LogP) is 1.50. The van der Waals surface area contributed by atoms with Gasteiger partial charge in [-0.15, -0.1) is 0 Å². The lowest BCUT2D eigenvalue weighted by molar-refractivity contribution is -0.131. The van der Waals surface area contributed by atoms with Gasteiger partial charge in [0.05, 0.1) is 0 Å². The number of ketones is 1. The van der Waals surface area contributed by atoms with Gasteiger partial charge in [0, 0.05) is 25.1 Å². The van der Waals surface area contributed by atoms with E-state index >= 15 is 0 Å². The van der Waals surface area contributed by atoms with Crippen LogP contribution in [0, 0.1) is 0 Å². The number of allylic oxidation sites excluding steroid dienone is 2. The molecule has 2 aliphatic heterocycles. The topological polar surface area (TPSA) is 76.2 Å². The van der Waals surface area contributed by atoms with Crippen LogP contribution in [0.2, 0.25) is 0 Å². The SMILES string of the molecule is CC(=O)N1CN(C(C)=O)C(C(=O)c2ccc3c(c2)OCO3)=C1C. The van der Waals surface area contributed by atoms with E-state index in [-0.39, 0.29) is 36.8 Å². The number of amides is 2. The molecule has 23 heavy (non-hydrogen) atoms. The highest BCUT2D eigenvalue weighted by Gasteiger charge is 2.35. The summed E-state index contributed by atoms with van der Waals surface area (Å²) in [4.78, 5) is 39.1. The van der Waals surface area contributed by atoms with Crippen LogP contribution in [0.4, 0.5) is 0 Å². The van der Waals surface area contributed by atoms with Crippen molar-refractivity contribution < 1.29 is 23.9 Å². The summed E-state index contributed by atoms with van der Waals surface area (Å²) >= 11 is 0. The van der Waals surface area contributed by atoms with Gasteiger partial charge >= 0.3 is 0 Å². The molecule has 7 heteroatoms. The Balaban J connectivity index is 2.01. The molecule has 0 N–H and O–H groups in total. The fourth-order valence-electron chi connectivity index (χ4n) is 2.70. The largest absolute Gasteiger partial charge is 0.454 e. The molecule has 1 aromatic rings. The van der Waals surface area contributed by atoms with Gasteiger partial charge in [0.2, 0.25) is 24.4 Å². The summed E-state index contributed by atoms with van der Waals surface area (Å²) < 4.78 is 10.5. The molecule has 2 amide bonds. The maximum atomic E-state index is 12.9. The van der Waals surface area contributed by atoms with Crippen molar-refractivity contribution in [3.05, 3.63) is 35.2 Å². The van der Waals surface area contributed by atoms with Crippen molar-refractivity contribution in [2.24, 2.45) is 0 Å². The minimum atomic E-state index is -0.334. The number of hydrogen-bond donors (Lipinski definition) is 0.